The maximum absolute atomic E-state index is 13.3. The maximum Gasteiger partial charge on any atom is 0.280 e. The van der Waals surface area contributed by atoms with Crippen molar-refractivity contribution in [1.82, 2.24) is 24.4 Å². The first-order chi connectivity index (χ1) is 15.6. The molecule has 7 nitrogen and oxygen atoms in total. The Hall–Kier alpha value is -2.70. The minimum absolute atomic E-state index is 0.123. The predicted molar refractivity (Wildman–Crippen MR) is 116 cm³/mol. The molecule has 0 aliphatic rings. The van der Waals surface area contributed by atoms with Gasteiger partial charge in [0.15, 0.2) is 17.2 Å². The van der Waals surface area contributed by atoms with E-state index in [9.17, 15) is 22.4 Å². The Bertz CT molecular complexity index is 1360. The molecule has 0 fully saturated rings. The number of rotatable bonds is 6. The van der Waals surface area contributed by atoms with Crippen LogP contribution >= 0.6 is 39.1 Å². The largest absolute Gasteiger partial charge is 0.303 e. The van der Waals surface area contributed by atoms with Gasteiger partial charge in [-0.25, -0.2) is 27.1 Å². The molecule has 33 heavy (non-hydrogen) atoms. The summed E-state index contributed by atoms with van der Waals surface area (Å²) in [6.07, 6.45) is -4.57. The van der Waals surface area contributed by atoms with Gasteiger partial charge in [0.1, 0.15) is 11.4 Å². The van der Waals surface area contributed by atoms with Crippen LogP contribution in [-0.4, -0.2) is 30.3 Å². The first kappa shape index (κ1) is 23.5. The highest BCUT2D eigenvalue weighted by atomic mass is 79.9. The van der Waals surface area contributed by atoms with Gasteiger partial charge in [-0.2, -0.15) is 10.2 Å². The number of halogens is 7. The van der Waals surface area contributed by atoms with Crippen LogP contribution < -0.4 is 5.32 Å². The molecular weight excluding hydrogens is 555 g/mol. The van der Waals surface area contributed by atoms with E-state index in [1.807, 2.05) is 0 Å². The second kappa shape index (κ2) is 9.27. The summed E-state index contributed by atoms with van der Waals surface area (Å²) in [7, 11) is 0. The van der Waals surface area contributed by atoms with Gasteiger partial charge in [-0.05, 0) is 39.7 Å². The van der Waals surface area contributed by atoms with Gasteiger partial charge in [0, 0.05) is 22.3 Å². The van der Waals surface area contributed by atoms with Gasteiger partial charge in [-0.1, -0.05) is 29.3 Å². The molecule has 0 saturated carbocycles. The number of hydrogen-bond acceptors (Lipinski definition) is 4. The molecule has 0 saturated heterocycles. The second-order valence-electron chi connectivity index (χ2n) is 6.72. The van der Waals surface area contributed by atoms with Gasteiger partial charge < -0.3 is 5.32 Å². The third-order valence-corrected chi connectivity index (χ3v) is 5.62. The van der Waals surface area contributed by atoms with Gasteiger partial charge in [-0.15, -0.1) is 0 Å². The highest BCUT2D eigenvalue weighted by Crippen LogP contribution is 2.27. The molecule has 4 rings (SSSR count). The molecule has 0 bridgehead atoms. The summed E-state index contributed by atoms with van der Waals surface area (Å²) in [5.74, 6) is -0.674. The normalized spacial score (nSPS) is 11.7. The second-order valence-corrected chi connectivity index (χ2v) is 8.42. The third-order valence-electron chi connectivity index (χ3n) is 4.45. The number of nitrogens with one attached hydrogen (secondary N) is 1. The number of amides is 1. The number of aromatic nitrogens is 5. The summed E-state index contributed by atoms with van der Waals surface area (Å²) in [6, 6.07) is 6.58. The lowest BCUT2D eigenvalue weighted by Gasteiger charge is -2.06. The fourth-order valence-corrected chi connectivity index (χ4v) is 3.84. The lowest BCUT2D eigenvalue weighted by molar-refractivity contribution is 0.102. The average molecular weight is 566 g/mol. The maximum atomic E-state index is 13.3. The van der Waals surface area contributed by atoms with E-state index in [1.54, 1.807) is 24.4 Å². The number of alkyl halides is 4. The predicted octanol–water partition coefficient (Wildman–Crippen LogP) is 6.17. The monoisotopic (exact) mass is 564 g/mol. The van der Waals surface area contributed by atoms with Crippen molar-refractivity contribution >= 4 is 56.5 Å². The van der Waals surface area contributed by atoms with Crippen molar-refractivity contribution in [3.8, 4) is 0 Å². The summed E-state index contributed by atoms with van der Waals surface area (Å²) in [5.41, 5.74) is -1.53. The van der Waals surface area contributed by atoms with Crippen LogP contribution in [0, 0.1) is 0 Å². The molecule has 0 radical (unpaired) electrons. The van der Waals surface area contributed by atoms with Crippen molar-refractivity contribution in [3.63, 3.8) is 0 Å². The molecule has 3 heterocycles. The van der Waals surface area contributed by atoms with E-state index >= 15 is 0 Å². The van der Waals surface area contributed by atoms with E-state index in [-0.39, 0.29) is 23.7 Å². The summed E-state index contributed by atoms with van der Waals surface area (Å²) in [6.45, 7) is 0.275. The molecule has 3 aromatic heterocycles. The Morgan fingerprint density at radius 1 is 1.09 bits per heavy atom. The highest BCUT2D eigenvalue weighted by Gasteiger charge is 2.23. The van der Waals surface area contributed by atoms with Crippen LogP contribution in [-0.2, 0) is 6.54 Å². The summed E-state index contributed by atoms with van der Waals surface area (Å²) in [4.78, 5) is 16.2. The van der Waals surface area contributed by atoms with Gasteiger partial charge in [-0.3, -0.25) is 9.48 Å². The van der Waals surface area contributed by atoms with E-state index in [0.29, 0.717) is 25.1 Å². The van der Waals surface area contributed by atoms with Crippen LogP contribution in [0.2, 0.25) is 10.0 Å². The fourth-order valence-electron chi connectivity index (χ4n) is 2.96. The molecule has 4 aromatic rings. The Balaban J connectivity index is 1.59. The topological polar surface area (TPSA) is 77.1 Å². The highest BCUT2D eigenvalue weighted by molar-refractivity contribution is 9.10. The molecule has 1 amide bonds. The van der Waals surface area contributed by atoms with Crippen molar-refractivity contribution < 1.29 is 22.4 Å². The van der Waals surface area contributed by atoms with E-state index < -0.39 is 30.1 Å². The van der Waals surface area contributed by atoms with Gasteiger partial charge in [0.25, 0.3) is 18.8 Å². The minimum atomic E-state index is -3.10. The molecule has 0 atom stereocenters. The molecular formula is C19H11BrCl2F4N6O. The molecule has 0 aliphatic heterocycles. The Morgan fingerprint density at radius 3 is 2.52 bits per heavy atom. The van der Waals surface area contributed by atoms with Gasteiger partial charge in [0.05, 0.1) is 11.0 Å². The Kier molecular flexibility index (Phi) is 6.59. The van der Waals surface area contributed by atoms with Crippen LogP contribution in [0.1, 0.15) is 40.3 Å². The first-order valence-corrected chi connectivity index (χ1v) is 10.6. The average Bonchev–Trinajstić information content (AvgIpc) is 3.32. The van der Waals surface area contributed by atoms with Gasteiger partial charge in [0.2, 0.25) is 0 Å². The SMILES string of the molecule is O=C(Nc1nn(Cc2ccc(Cl)cc2Cl)cc1Br)c1cc2nc(C(F)F)cc(C(F)F)n2n1. The summed E-state index contributed by atoms with van der Waals surface area (Å²) in [5, 5.41) is 11.5. The third kappa shape index (κ3) is 4.97. The van der Waals surface area contributed by atoms with Crippen LogP contribution in [0.3, 0.4) is 0 Å². The zero-order valence-electron chi connectivity index (χ0n) is 16.1. The lowest BCUT2D eigenvalue weighted by atomic mass is 10.2. The van der Waals surface area contributed by atoms with Crippen LogP contribution in [0.25, 0.3) is 5.65 Å². The first-order valence-electron chi connectivity index (χ1n) is 9.07. The molecule has 14 heteroatoms. The van der Waals surface area contributed by atoms with E-state index in [2.05, 4.69) is 36.4 Å². The van der Waals surface area contributed by atoms with Crippen LogP contribution in [0.15, 0.2) is 41.0 Å². The number of carbonyl (C=O) groups is 1. The summed E-state index contributed by atoms with van der Waals surface area (Å²) >= 11 is 15.3. The van der Waals surface area contributed by atoms with E-state index in [0.717, 1.165) is 11.6 Å². The van der Waals surface area contributed by atoms with Crippen molar-refractivity contribution in [2.45, 2.75) is 19.4 Å². The number of nitrogens with zero attached hydrogens (tertiary/aromatic N) is 5. The number of carbonyl (C=O) groups excluding carboxylic acids is 1. The number of hydrogen-bond donors (Lipinski definition) is 1. The standard InChI is InChI=1S/C19H11BrCl2F4N6O/c20-10-7-31(6-8-1-2-9(21)3-11(8)22)30-18(10)28-19(33)13-5-15-27-12(16(23)24)4-14(17(25)26)32(15)29-13/h1-5,7,16-17H,6H2,(H,28,30,33). The number of anilines is 1. The van der Waals surface area contributed by atoms with Crippen molar-refractivity contribution in [1.29, 1.82) is 0 Å². The van der Waals surface area contributed by atoms with E-state index in [1.165, 1.54) is 4.68 Å². The molecule has 0 unspecified atom stereocenters. The molecule has 1 N–H and O–H groups in total. The number of fused-ring (bicyclic) bond motifs is 1. The molecule has 1 aromatic carbocycles. The summed E-state index contributed by atoms with van der Waals surface area (Å²) < 4.78 is 55.2. The lowest BCUT2D eigenvalue weighted by Crippen LogP contribution is -2.14. The zero-order chi connectivity index (χ0) is 23.9. The van der Waals surface area contributed by atoms with Gasteiger partial charge >= 0.3 is 0 Å². The number of benzene rings is 1. The van der Waals surface area contributed by atoms with Crippen molar-refractivity contribution in [2.75, 3.05) is 5.32 Å². The van der Waals surface area contributed by atoms with Crippen LogP contribution in [0.4, 0.5) is 23.4 Å². The molecule has 0 aliphatic carbocycles. The van der Waals surface area contributed by atoms with Crippen molar-refractivity contribution in [2.24, 2.45) is 0 Å². The Morgan fingerprint density at radius 2 is 1.85 bits per heavy atom. The molecule has 172 valence electrons. The zero-order valence-corrected chi connectivity index (χ0v) is 19.2. The Labute approximate surface area is 201 Å². The molecule has 0 spiro atoms. The minimum Gasteiger partial charge on any atom is -0.303 e. The fraction of sp³-hybridized carbons (Fsp3) is 0.158. The van der Waals surface area contributed by atoms with Crippen molar-refractivity contribution in [3.05, 3.63) is 73.7 Å². The van der Waals surface area contributed by atoms with Crippen LogP contribution in [0.5, 0.6) is 0 Å². The quantitative estimate of drug-likeness (QED) is 0.284. The smallest absolute Gasteiger partial charge is 0.280 e. The van der Waals surface area contributed by atoms with E-state index in [4.69, 9.17) is 23.2 Å².